The number of nitrogens with one attached hydrogen (secondary N) is 1. The van der Waals surface area contributed by atoms with Crippen LogP contribution >= 0.6 is 11.8 Å². The molecule has 1 saturated carbocycles. The van der Waals surface area contributed by atoms with Crippen LogP contribution in [0, 0.1) is 12.8 Å². The maximum Gasteiger partial charge on any atom is 0.228 e. The van der Waals surface area contributed by atoms with Crippen LogP contribution in [0.25, 0.3) is 0 Å². The van der Waals surface area contributed by atoms with Crippen LogP contribution in [-0.4, -0.2) is 33.6 Å². The molecule has 3 rings (SSSR count). The first-order valence-electron chi connectivity index (χ1n) is 7.04. The zero-order chi connectivity index (χ0) is 13.1. The summed E-state index contributed by atoms with van der Waals surface area (Å²) in [5, 5.41) is 8.47. The minimum atomic E-state index is 0.652. The first-order chi connectivity index (χ1) is 9.31. The normalized spacial score (nSPS) is 29.0. The summed E-state index contributed by atoms with van der Waals surface area (Å²) in [5.74, 6) is 3.43. The van der Waals surface area contributed by atoms with Crippen molar-refractivity contribution in [3.05, 3.63) is 11.7 Å². The van der Waals surface area contributed by atoms with Gasteiger partial charge in [-0.2, -0.15) is 4.98 Å². The van der Waals surface area contributed by atoms with Gasteiger partial charge in [0.25, 0.3) is 0 Å². The van der Waals surface area contributed by atoms with Crippen molar-refractivity contribution >= 4 is 16.9 Å². The summed E-state index contributed by atoms with van der Waals surface area (Å²) in [6.07, 6.45) is 6.15. The van der Waals surface area contributed by atoms with Crippen molar-refractivity contribution in [2.45, 2.75) is 45.1 Å². The topological polar surface area (TPSA) is 63.3 Å². The van der Waals surface area contributed by atoms with Gasteiger partial charge in [0.15, 0.2) is 11.0 Å². The second-order valence-electron chi connectivity index (χ2n) is 5.28. The molecule has 0 aromatic carbocycles. The summed E-state index contributed by atoms with van der Waals surface area (Å²) in [7, 11) is 0. The third-order valence-electron chi connectivity index (χ3n) is 3.80. The summed E-state index contributed by atoms with van der Waals surface area (Å²) in [6.45, 7) is 2.55. The molecule has 2 heterocycles. The lowest BCUT2D eigenvalue weighted by atomic mass is 9.86. The molecule has 0 spiro atoms. The highest BCUT2D eigenvalue weighted by Crippen LogP contribution is 2.31. The van der Waals surface area contributed by atoms with Crippen LogP contribution in [0.5, 0.6) is 0 Å². The highest BCUT2D eigenvalue weighted by Gasteiger charge is 2.30. The lowest BCUT2D eigenvalue weighted by Gasteiger charge is -2.36. The van der Waals surface area contributed by atoms with E-state index in [1.165, 1.54) is 31.4 Å². The van der Waals surface area contributed by atoms with Crippen LogP contribution in [-0.2, 0) is 6.42 Å². The van der Waals surface area contributed by atoms with Gasteiger partial charge in [-0.05, 0) is 25.7 Å². The van der Waals surface area contributed by atoms with E-state index in [4.69, 9.17) is 4.52 Å². The Morgan fingerprint density at radius 2 is 2.32 bits per heavy atom. The van der Waals surface area contributed by atoms with Gasteiger partial charge in [0, 0.05) is 18.2 Å². The SMILES string of the molecule is Cc1noc(CCN=C2NC3CCCCC3CS2)n1. The molecule has 0 amide bonds. The number of amidine groups is 1. The minimum Gasteiger partial charge on any atom is -0.362 e. The summed E-state index contributed by atoms with van der Waals surface area (Å²) < 4.78 is 5.08. The van der Waals surface area contributed by atoms with Gasteiger partial charge in [0.2, 0.25) is 5.89 Å². The van der Waals surface area contributed by atoms with E-state index >= 15 is 0 Å². The molecule has 2 atom stereocenters. The van der Waals surface area contributed by atoms with Gasteiger partial charge in [-0.3, -0.25) is 4.99 Å². The predicted octanol–water partition coefficient (Wildman–Crippen LogP) is 2.17. The summed E-state index contributed by atoms with van der Waals surface area (Å²) in [6, 6.07) is 0.652. The fraction of sp³-hybridized carbons (Fsp3) is 0.769. The number of nitrogens with zero attached hydrogens (tertiary/aromatic N) is 3. The van der Waals surface area contributed by atoms with Gasteiger partial charge in [0.05, 0.1) is 6.54 Å². The van der Waals surface area contributed by atoms with Crippen molar-refractivity contribution in [3.8, 4) is 0 Å². The standard InChI is InChI=1S/C13H20N4OS/c1-9-15-12(18-17-9)6-7-14-13-16-11-5-3-2-4-10(11)8-19-13/h10-11H,2-8H2,1H3,(H,14,16). The molecule has 2 aliphatic rings. The van der Waals surface area contributed by atoms with Gasteiger partial charge in [-0.25, -0.2) is 0 Å². The Balaban J connectivity index is 1.50. The van der Waals surface area contributed by atoms with E-state index in [-0.39, 0.29) is 0 Å². The number of hydrogen-bond donors (Lipinski definition) is 1. The van der Waals surface area contributed by atoms with E-state index in [9.17, 15) is 0 Å². The molecular weight excluding hydrogens is 260 g/mol. The van der Waals surface area contributed by atoms with Crippen LogP contribution in [0.15, 0.2) is 9.52 Å². The van der Waals surface area contributed by atoms with Crippen molar-refractivity contribution in [3.63, 3.8) is 0 Å². The molecule has 5 nitrogen and oxygen atoms in total. The fourth-order valence-corrected chi connectivity index (χ4v) is 3.96. The van der Waals surface area contributed by atoms with Crippen LogP contribution in [0.1, 0.15) is 37.4 Å². The average Bonchev–Trinajstić information content (AvgIpc) is 2.84. The van der Waals surface area contributed by atoms with Crippen molar-refractivity contribution in [1.29, 1.82) is 0 Å². The van der Waals surface area contributed by atoms with Crippen LogP contribution in [0.3, 0.4) is 0 Å². The van der Waals surface area contributed by atoms with E-state index in [1.807, 2.05) is 18.7 Å². The minimum absolute atomic E-state index is 0.652. The molecule has 1 saturated heterocycles. The molecule has 2 unspecified atom stereocenters. The molecule has 1 N–H and O–H groups in total. The Kier molecular flexibility index (Phi) is 4.06. The third kappa shape index (κ3) is 3.29. The second-order valence-corrected chi connectivity index (χ2v) is 6.29. The Labute approximate surface area is 117 Å². The van der Waals surface area contributed by atoms with Crippen LogP contribution in [0.4, 0.5) is 0 Å². The van der Waals surface area contributed by atoms with Gasteiger partial charge >= 0.3 is 0 Å². The van der Waals surface area contributed by atoms with Crippen molar-refractivity contribution < 1.29 is 4.52 Å². The highest BCUT2D eigenvalue weighted by molar-refractivity contribution is 8.13. The maximum atomic E-state index is 5.08. The maximum absolute atomic E-state index is 5.08. The fourth-order valence-electron chi connectivity index (χ4n) is 2.77. The van der Waals surface area contributed by atoms with E-state index in [0.717, 1.165) is 17.5 Å². The third-order valence-corrected chi connectivity index (χ3v) is 4.92. The molecule has 1 aromatic rings. The summed E-state index contributed by atoms with van der Waals surface area (Å²) >= 11 is 1.86. The van der Waals surface area contributed by atoms with Crippen LogP contribution < -0.4 is 5.32 Å². The molecule has 104 valence electrons. The quantitative estimate of drug-likeness (QED) is 0.919. The largest absolute Gasteiger partial charge is 0.362 e. The lowest BCUT2D eigenvalue weighted by Crippen LogP contribution is -2.46. The number of hydrogen-bond acceptors (Lipinski definition) is 5. The molecule has 2 fully saturated rings. The summed E-state index contributed by atoms with van der Waals surface area (Å²) in [4.78, 5) is 8.80. The first-order valence-corrected chi connectivity index (χ1v) is 8.03. The van der Waals surface area contributed by atoms with Crippen molar-refractivity contribution in [2.75, 3.05) is 12.3 Å². The van der Waals surface area contributed by atoms with Gasteiger partial charge in [-0.15, -0.1) is 0 Å². The Hall–Kier alpha value is -1.04. The zero-order valence-electron chi connectivity index (χ0n) is 11.3. The Morgan fingerprint density at radius 3 is 3.16 bits per heavy atom. The van der Waals surface area contributed by atoms with Gasteiger partial charge in [0.1, 0.15) is 0 Å². The average molecular weight is 280 g/mol. The number of fused-ring (bicyclic) bond motifs is 1. The molecular formula is C13H20N4OS. The Bertz CT molecular complexity index is 459. The molecule has 6 heteroatoms. The van der Waals surface area contributed by atoms with Crippen molar-refractivity contribution in [1.82, 2.24) is 15.5 Å². The molecule has 1 aromatic heterocycles. The molecule has 1 aliphatic heterocycles. The highest BCUT2D eigenvalue weighted by atomic mass is 32.2. The lowest BCUT2D eigenvalue weighted by molar-refractivity contribution is 0.311. The molecule has 19 heavy (non-hydrogen) atoms. The summed E-state index contributed by atoms with van der Waals surface area (Å²) in [5.41, 5.74) is 0. The smallest absolute Gasteiger partial charge is 0.228 e. The van der Waals surface area contributed by atoms with E-state index in [0.29, 0.717) is 24.3 Å². The monoisotopic (exact) mass is 280 g/mol. The van der Waals surface area contributed by atoms with Gasteiger partial charge in [-0.1, -0.05) is 29.8 Å². The zero-order valence-corrected chi connectivity index (χ0v) is 12.1. The molecule has 0 bridgehead atoms. The predicted molar refractivity (Wildman–Crippen MR) is 76.4 cm³/mol. The first kappa shape index (κ1) is 13.0. The number of rotatable bonds is 3. The van der Waals surface area contributed by atoms with E-state index < -0.39 is 0 Å². The van der Waals surface area contributed by atoms with Gasteiger partial charge < -0.3 is 9.84 Å². The van der Waals surface area contributed by atoms with Crippen LogP contribution in [0.2, 0.25) is 0 Å². The number of aryl methyl sites for hydroxylation is 1. The number of aliphatic imine (C=N–C) groups is 1. The Morgan fingerprint density at radius 1 is 1.42 bits per heavy atom. The second kappa shape index (κ2) is 5.94. The number of thioether (sulfide) groups is 1. The number of aromatic nitrogens is 2. The van der Waals surface area contributed by atoms with Crippen molar-refractivity contribution in [2.24, 2.45) is 10.9 Å². The molecule has 0 radical (unpaired) electrons. The van der Waals surface area contributed by atoms with E-state index in [1.54, 1.807) is 0 Å². The van der Waals surface area contributed by atoms with E-state index in [2.05, 4.69) is 20.4 Å². The molecule has 1 aliphatic carbocycles.